The molecule has 1 rings (SSSR count). The van der Waals surface area contributed by atoms with Crippen LogP contribution in [0.2, 0.25) is 0 Å². The number of hydrogen-bond acceptors (Lipinski definition) is 3. The summed E-state index contributed by atoms with van der Waals surface area (Å²) >= 11 is 0. The molecule has 0 bridgehead atoms. The summed E-state index contributed by atoms with van der Waals surface area (Å²) in [5, 5.41) is 2.98. The molecule has 0 radical (unpaired) electrons. The van der Waals surface area contributed by atoms with Gasteiger partial charge < -0.3 is 11.1 Å². The number of pyridine rings is 1. The van der Waals surface area contributed by atoms with E-state index in [9.17, 15) is 0 Å². The van der Waals surface area contributed by atoms with Crippen molar-refractivity contribution in [2.75, 3.05) is 12.8 Å². The van der Waals surface area contributed by atoms with Gasteiger partial charge in [-0.05, 0) is 19.2 Å². The Balaban J connectivity index is 2.81. The van der Waals surface area contributed by atoms with Gasteiger partial charge >= 0.3 is 0 Å². The summed E-state index contributed by atoms with van der Waals surface area (Å²) in [7, 11) is 1.87. The first kappa shape index (κ1) is 7.02. The summed E-state index contributed by atoms with van der Waals surface area (Å²) in [6.45, 7) is 0.729. The lowest BCUT2D eigenvalue weighted by molar-refractivity contribution is 0.794. The first-order chi connectivity index (χ1) is 4.84. The molecule has 0 unspecified atom stereocenters. The van der Waals surface area contributed by atoms with E-state index >= 15 is 0 Å². The maximum Gasteiger partial charge on any atom is 0.0770 e. The monoisotopic (exact) mass is 137 g/mol. The Kier molecular flexibility index (Phi) is 2.23. The topological polar surface area (TPSA) is 50.9 Å². The van der Waals surface area contributed by atoms with Gasteiger partial charge in [0.15, 0.2) is 0 Å². The maximum atomic E-state index is 5.60. The normalized spacial score (nSPS) is 9.70. The minimum absolute atomic E-state index is 0.729. The Morgan fingerprint density at radius 3 is 3.10 bits per heavy atom. The van der Waals surface area contributed by atoms with Crippen LogP contribution in [0.5, 0.6) is 0 Å². The van der Waals surface area contributed by atoms with Crippen LogP contribution < -0.4 is 11.1 Å². The van der Waals surface area contributed by atoms with Crippen molar-refractivity contribution in [2.24, 2.45) is 0 Å². The number of hydrogen-bond donors (Lipinski definition) is 2. The number of nitrogens with one attached hydrogen (secondary N) is 1. The maximum absolute atomic E-state index is 5.60. The molecule has 3 N–H and O–H groups in total. The average Bonchev–Trinajstić information content (AvgIpc) is 1.94. The Hall–Kier alpha value is -1.09. The average molecular weight is 137 g/mol. The van der Waals surface area contributed by atoms with Gasteiger partial charge in [-0.3, -0.25) is 4.98 Å². The van der Waals surface area contributed by atoms with E-state index in [1.54, 1.807) is 6.20 Å². The van der Waals surface area contributed by atoms with Gasteiger partial charge in [0.25, 0.3) is 0 Å². The molecule has 10 heavy (non-hydrogen) atoms. The zero-order valence-electron chi connectivity index (χ0n) is 5.96. The molecule has 1 heterocycles. The van der Waals surface area contributed by atoms with Gasteiger partial charge in [-0.25, -0.2) is 0 Å². The van der Waals surface area contributed by atoms with Crippen molar-refractivity contribution in [3.63, 3.8) is 0 Å². The minimum atomic E-state index is 0.729. The van der Waals surface area contributed by atoms with Crippen molar-refractivity contribution in [3.05, 3.63) is 24.0 Å². The van der Waals surface area contributed by atoms with E-state index < -0.39 is 0 Å². The molecule has 0 saturated carbocycles. The van der Waals surface area contributed by atoms with Gasteiger partial charge in [0.1, 0.15) is 0 Å². The number of anilines is 1. The molecule has 0 aromatic carbocycles. The summed E-state index contributed by atoms with van der Waals surface area (Å²) < 4.78 is 0. The van der Waals surface area contributed by atoms with Gasteiger partial charge in [-0.1, -0.05) is 0 Å². The lowest BCUT2D eigenvalue weighted by atomic mass is 10.3. The molecule has 1 aromatic heterocycles. The molecule has 0 fully saturated rings. The summed E-state index contributed by atoms with van der Waals surface area (Å²) in [6, 6.07) is 3.67. The fourth-order valence-electron chi connectivity index (χ4n) is 0.766. The predicted octanol–water partition coefficient (Wildman–Crippen LogP) is 0.383. The molecule has 0 amide bonds. The quantitative estimate of drug-likeness (QED) is 0.619. The number of nitrogens with two attached hydrogens (primary N) is 1. The minimum Gasteiger partial charge on any atom is -0.397 e. The van der Waals surface area contributed by atoms with Crippen LogP contribution in [0.15, 0.2) is 18.3 Å². The fraction of sp³-hybridized carbons (Fsp3) is 0.286. The van der Waals surface area contributed by atoms with E-state index in [2.05, 4.69) is 10.3 Å². The summed E-state index contributed by atoms with van der Waals surface area (Å²) in [5.74, 6) is 0. The molecular weight excluding hydrogens is 126 g/mol. The zero-order chi connectivity index (χ0) is 7.40. The van der Waals surface area contributed by atoms with E-state index in [1.807, 2.05) is 19.2 Å². The third-order valence-corrected chi connectivity index (χ3v) is 1.27. The Morgan fingerprint density at radius 1 is 1.70 bits per heavy atom. The molecule has 0 saturated heterocycles. The highest BCUT2D eigenvalue weighted by Gasteiger charge is 1.94. The van der Waals surface area contributed by atoms with Crippen LogP contribution >= 0.6 is 0 Å². The van der Waals surface area contributed by atoms with Crippen molar-refractivity contribution < 1.29 is 0 Å². The lowest BCUT2D eigenvalue weighted by Gasteiger charge is -2.00. The highest BCUT2D eigenvalue weighted by molar-refractivity contribution is 5.41. The van der Waals surface area contributed by atoms with Crippen molar-refractivity contribution in [2.45, 2.75) is 6.54 Å². The third kappa shape index (κ3) is 1.45. The van der Waals surface area contributed by atoms with Gasteiger partial charge in [0, 0.05) is 12.7 Å². The highest BCUT2D eigenvalue weighted by Crippen LogP contribution is 2.04. The Labute approximate surface area is 60.3 Å². The molecule has 54 valence electrons. The Morgan fingerprint density at radius 2 is 2.50 bits per heavy atom. The molecular formula is C7H11N3. The number of nitrogens with zero attached hydrogens (tertiary/aromatic N) is 1. The number of nitrogen functional groups attached to an aromatic ring is 1. The van der Waals surface area contributed by atoms with Gasteiger partial charge in [0.2, 0.25) is 0 Å². The van der Waals surface area contributed by atoms with Crippen molar-refractivity contribution >= 4 is 5.69 Å². The Bertz CT molecular complexity index is 210. The van der Waals surface area contributed by atoms with Crippen molar-refractivity contribution in [1.82, 2.24) is 10.3 Å². The highest BCUT2D eigenvalue weighted by atomic mass is 14.9. The molecule has 3 heteroatoms. The van der Waals surface area contributed by atoms with E-state index in [4.69, 9.17) is 5.73 Å². The van der Waals surface area contributed by atoms with Crippen LogP contribution in [0.25, 0.3) is 0 Å². The van der Waals surface area contributed by atoms with E-state index in [0.29, 0.717) is 0 Å². The fourth-order valence-corrected chi connectivity index (χ4v) is 0.766. The second-order valence-electron chi connectivity index (χ2n) is 2.07. The molecule has 0 aliphatic heterocycles. The first-order valence-electron chi connectivity index (χ1n) is 3.18. The molecule has 0 atom stereocenters. The summed E-state index contributed by atoms with van der Waals surface area (Å²) in [4.78, 5) is 4.08. The second-order valence-corrected chi connectivity index (χ2v) is 2.07. The van der Waals surface area contributed by atoms with Crippen LogP contribution in [0.4, 0.5) is 5.69 Å². The molecule has 3 nitrogen and oxygen atoms in total. The molecule has 0 aliphatic rings. The standard InChI is InChI=1S/C7H11N3/c1-9-5-7-6(8)3-2-4-10-7/h2-4,9H,5,8H2,1H3. The van der Waals surface area contributed by atoms with Crippen LogP contribution in [0.1, 0.15) is 5.69 Å². The van der Waals surface area contributed by atoms with Crippen LogP contribution in [-0.2, 0) is 6.54 Å². The first-order valence-corrected chi connectivity index (χ1v) is 3.18. The third-order valence-electron chi connectivity index (χ3n) is 1.27. The molecule has 1 aromatic rings. The number of rotatable bonds is 2. The SMILES string of the molecule is CNCc1ncccc1N. The van der Waals surface area contributed by atoms with Crippen molar-refractivity contribution in [3.8, 4) is 0 Å². The van der Waals surface area contributed by atoms with E-state index in [1.165, 1.54) is 0 Å². The van der Waals surface area contributed by atoms with E-state index in [0.717, 1.165) is 17.9 Å². The van der Waals surface area contributed by atoms with Gasteiger partial charge in [0.05, 0.1) is 11.4 Å². The lowest BCUT2D eigenvalue weighted by Crippen LogP contribution is -2.08. The smallest absolute Gasteiger partial charge is 0.0770 e. The van der Waals surface area contributed by atoms with Crippen LogP contribution in [0.3, 0.4) is 0 Å². The largest absolute Gasteiger partial charge is 0.397 e. The second kappa shape index (κ2) is 3.17. The van der Waals surface area contributed by atoms with Gasteiger partial charge in [-0.15, -0.1) is 0 Å². The summed E-state index contributed by atoms with van der Waals surface area (Å²) in [5.41, 5.74) is 7.26. The van der Waals surface area contributed by atoms with Gasteiger partial charge in [-0.2, -0.15) is 0 Å². The summed E-state index contributed by atoms with van der Waals surface area (Å²) in [6.07, 6.45) is 1.74. The van der Waals surface area contributed by atoms with Crippen LogP contribution in [-0.4, -0.2) is 12.0 Å². The van der Waals surface area contributed by atoms with E-state index in [-0.39, 0.29) is 0 Å². The van der Waals surface area contributed by atoms with Crippen molar-refractivity contribution in [1.29, 1.82) is 0 Å². The number of aromatic nitrogens is 1. The zero-order valence-corrected chi connectivity index (χ0v) is 5.96. The van der Waals surface area contributed by atoms with Crippen LogP contribution in [0, 0.1) is 0 Å². The molecule has 0 aliphatic carbocycles. The molecule has 0 spiro atoms. The predicted molar refractivity (Wildman–Crippen MR) is 41.4 cm³/mol.